The van der Waals surface area contributed by atoms with Gasteiger partial charge in [-0.3, -0.25) is 9.48 Å². The van der Waals surface area contributed by atoms with Crippen LogP contribution in [0.5, 0.6) is 0 Å². The Morgan fingerprint density at radius 1 is 1.25 bits per heavy atom. The van der Waals surface area contributed by atoms with Crippen molar-refractivity contribution in [3.8, 4) is 0 Å². The van der Waals surface area contributed by atoms with Gasteiger partial charge in [0.2, 0.25) is 0 Å². The van der Waals surface area contributed by atoms with Gasteiger partial charge in [0.1, 0.15) is 11.5 Å². The van der Waals surface area contributed by atoms with Crippen LogP contribution in [-0.2, 0) is 35.6 Å². The van der Waals surface area contributed by atoms with Crippen molar-refractivity contribution >= 4 is 11.7 Å². The van der Waals surface area contributed by atoms with E-state index in [1.54, 1.807) is 12.3 Å². The first-order valence-electron chi connectivity index (χ1n) is 12.1. The second-order valence-corrected chi connectivity index (χ2v) is 9.01. The van der Waals surface area contributed by atoms with Crippen LogP contribution in [0.4, 0.5) is 5.82 Å². The predicted molar refractivity (Wildman–Crippen MR) is 138 cm³/mol. The van der Waals surface area contributed by atoms with Gasteiger partial charge in [-0.15, -0.1) is 0 Å². The molecule has 10 nitrogen and oxygen atoms in total. The normalized spacial score (nSPS) is 14.2. The van der Waals surface area contributed by atoms with Crippen molar-refractivity contribution < 1.29 is 9.53 Å². The molecule has 190 valence electrons. The van der Waals surface area contributed by atoms with Crippen LogP contribution >= 0.6 is 0 Å². The molecule has 0 spiro atoms. The van der Waals surface area contributed by atoms with Crippen molar-refractivity contribution in [3.63, 3.8) is 0 Å². The Labute approximate surface area is 211 Å². The monoisotopic (exact) mass is 490 g/mol. The lowest BCUT2D eigenvalue weighted by atomic mass is 10.0. The van der Waals surface area contributed by atoms with Crippen molar-refractivity contribution in [1.29, 1.82) is 0 Å². The van der Waals surface area contributed by atoms with E-state index in [4.69, 9.17) is 22.0 Å². The largest absolute Gasteiger partial charge is 0.393 e. The molecule has 4 rings (SSSR count). The first-order chi connectivity index (χ1) is 17.4. The molecule has 1 unspecified atom stereocenters. The summed E-state index contributed by atoms with van der Waals surface area (Å²) in [6.07, 6.45) is 7.67. The number of carbonyl (C=O) groups excluding carboxylic acids is 1. The van der Waals surface area contributed by atoms with E-state index >= 15 is 0 Å². The number of rotatable bonds is 10. The van der Waals surface area contributed by atoms with E-state index in [9.17, 15) is 4.79 Å². The zero-order valence-corrected chi connectivity index (χ0v) is 20.6. The summed E-state index contributed by atoms with van der Waals surface area (Å²) in [7, 11) is 0. The molecule has 3 aromatic rings. The van der Waals surface area contributed by atoms with E-state index < -0.39 is 0 Å². The average molecular weight is 491 g/mol. The van der Waals surface area contributed by atoms with E-state index in [1.807, 2.05) is 29.8 Å². The molecule has 7 N–H and O–H groups in total. The third-order valence-corrected chi connectivity index (χ3v) is 6.06. The second kappa shape index (κ2) is 11.7. The van der Waals surface area contributed by atoms with Crippen LogP contribution in [0, 0.1) is 0 Å². The SMILES string of the molecule is CCCC(NC(=O)/C(N)=C/N(N)Cc1ccc(Cn2cc3c(n2)CCOC3)cc1)c1ccc(N)nc1. The molecular weight excluding hydrogens is 456 g/mol. The number of nitrogen functional groups attached to an aromatic ring is 1. The standard InChI is InChI=1S/C26H34N8O2/c1-2-3-23(20-8-9-25(28)30-12-20)31-26(35)22(27)16-33(29)13-18-4-6-19(7-5-18)14-34-15-21-17-36-11-10-24(21)32-34/h4-9,12,15-16,23H,2-3,10-11,13-14,17,27,29H2,1H3,(H2,28,30)(H,31,35)/b22-16-. The topological polar surface area (TPSA) is 150 Å². The van der Waals surface area contributed by atoms with Gasteiger partial charge in [-0.05, 0) is 29.2 Å². The number of amides is 1. The minimum Gasteiger partial charge on any atom is -0.393 e. The molecule has 1 atom stereocenters. The third-order valence-electron chi connectivity index (χ3n) is 6.06. The lowest BCUT2D eigenvalue weighted by molar-refractivity contribution is -0.118. The molecular formula is C26H34N8O2. The number of hydrazine groups is 1. The minimum absolute atomic E-state index is 0.0326. The molecule has 0 saturated carbocycles. The number of nitrogens with zero attached hydrogens (tertiary/aromatic N) is 4. The van der Waals surface area contributed by atoms with Crippen LogP contribution in [-0.4, -0.2) is 32.3 Å². The number of nitrogens with one attached hydrogen (secondary N) is 1. The van der Waals surface area contributed by atoms with Crippen LogP contribution in [0.25, 0.3) is 0 Å². The maximum atomic E-state index is 12.7. The average Bonchev–Trinajstić information content (AvgIpc) is 3.27. The third kappa shape index (κ3) is 6.61. The highest BCUT2D eigenvalue weighted by atomic mass is 16.5. The van der Waals surface area contributed by atoms with Crippen LogP contribution in [0.3, 0.4) is 0 Å². The molecule has 36 heavy (non-hydrogen) atoms. The number of hydrogen-bond acceptors (Lipinski definition) is 8. The molecule has 2 aromatic heterocycles. The van der Waals surface area contributed by atoms with Crippen LogP contribution in [0.15, 0.2) is 60.7 Å². The first kappa shape index (κ1) is 25.2. The maximum absolute atomic E-state index is 12.7. The summed E-state index contributed by atoms with van der Waals surface area (Å²) in [5.74, 6) is 6.17. The highest BCUT2D eigenvalue weighted by Crippen LogP contribution is 2.19. The molecule has 1 aliphatic heterocycles. The number of carbonyl (C=O) groups is 1. The fourth-order valence-electron chi connectivity index (χ4n) is 4.17. The predicted octanol–water partition coefficient (Wildman–Crippen LogP) is 2.11. The van der Waals surface area contributed by atoms with Gasteiger partial charge in [-0.25, -0.2) is 10.8 Å². The van der Waals surface area contributed by atoms with Gasteiger partial charge >= 0.3 is 0 Å². The van der Waals surface area contributed by atoms with Crippen molar-refractivity contribution in [3.05, 3.63) is 88.6 Å². The number of anilines is 1. The van der Waals surface area contributed by atoms with E-state index in [1.165, 1.54) is 11.2 Å². The van der Waals surface area contributed by atoms with Gasteiger partial charge in [0, 0.05) is 30.6 Å². The number of pyridine rings is 1. The Morgan fingerprint density at radius 2 is 2.03 bits per heavy atom. The Bertz CT molecular complexity index is 1160. The number of hydrogen-bond donors (Lipinski definition) is 4. The zero-order valence-electron chi connectivity index (χ0n) is 20.6. The van der Waals surface area contributed by atoms with E-state index in [0.717, 1.165) is 53.8 Å². The van der Waals surface area contributed by atoms with E-state index in [-0.39, 0.29) is 17.6 Å². The Balaban J connectivity index is 1.32. The summed E-state index contributed by atoms with van der Waals surface area (Å²) in [4.78, 5) is 16.8. The Kier molecular flexibility index (Phi) is 8.19. The molecule has 1 aromatic carbocycles. The summed E-state index contributed by atoms with van der Waals surface area (Å²) in [6.45, 7) is 4.51. The van der Waals surface area contributed by atoms with Gasteiger partial charge in [0.15, 0.2) is 0 Å². The minimum atomic E-state index is -0.386. The lowest BCUT2D eigenvalue weighted by Crippen LogP contribution is -2.35. The van der Waals surface area contributed by atoms with Crippen molar-refractivity contribution in [1.82, 2.24) is 25.1 Å². The van der Waals surface area contributed by atoms with Crippen LogP contribution in [0.1, 0.15) is 53.8 Å². The summed E-state index contributed by atoms with van der Waals surface area (Å²) in [5.41, 5.74) is 17.0. The highest BCUT2D eigenvalue weighted by molar-refractivity contribution is 5.92. The second-order valence-electron chi connectivity index (χ2n) is 9.01. The Hall–Kier alpha value is -3.89. The smallest absolute Gasteiger partial charge is 0.269 e. The summed E-state index contributed by atoms with van der Waals surface area (Å²) in [5, 5.41) is 9.03. The zero-order chi connectivity index (χ0) is 25.5. The van der Waals surface area contributed by atoms with E-state index in [2.05, 4.69) is 33.7 Å². The molecule has 10 heteroatoms. The van der Waals surface area contributed by atoms with Crippen molar-refractivity contribution in [2.45, 2.75) is 51.9 Å². The van der Waals surface area contributed by atoms with Gasteiger partial charge in [-0.2, -0.15) is 5.10 Å². The molecule has 1 amide bonds. The Morgan fingerprint density at radius 3 is 2.72 bits per heavy atom. The summed E-state index contributed by atoms with van der Waals surface area (Å²) in [6, 6.07) is 11.5. The first-order valence-corrected chi connectivity index (χ1v) is 12.1. The van der Waals surface area contributed by atoms with Crippen LogP contribution < -0.4 is 22.6 Å². The van der Waals surface area contributed by atoms with Crippen molar-refractivity contribution in [2.75, 3.05) is 12.3 Å². The molecule has 0 fully saturated rings. The number of ether oxygens (including phenoxy) is 1. The fourth-order valence-corrected chi connectivity index (χ4v) is 4.17. The molecule has 0 aliphatic carbocycles. The number of aromatic nitrogens is 3. The summed E-state index contributed by atoms with van der Waals surface area (Å²) >= 11 is 0. The molecule has 0 bridgehead atoms. The quantitative estimate of drug-likeness (QED) is 0.192. The molecule has 0 saturated heterocycles. The van der Waals surface area contributed by atoms with Gasteiger partial charge in [0.25, 0.3) is 5.91 Å². The highest BCUT2D eigenvalue weighted by Gasteiger charge is 2.17. The molecule has 1 aliphatic rings. The number of nitrogens with two attached hydrogens (primary N) is 3. The number of benzene rings is 1. The maximum Gasteiger partial charge on any atom is 0.269 e. The van der Waals surface area contributed by atoms with Gasteiger partial charge in [0.05, 0.1) is 38.0 Å². The fraction of sp³-hybridized carbons (Fsp3) is 0.346. The summed E-state index contributed by atoms with van der Waals surface area (Å²) < 4.78 is 7.45. The molecule has 0 radical (unpaired) electrons. The van der Waals surface area contributed by atoms with Gasteiger partial charge in [-0.1, -0.05) is 43.7 Å². The van der Waals surface area contributed by atoms with Crippen molar-refractivity contribution in [2.24, 2.45) is 11.6 Å². The van der Waals surface area contributed by atoms with Gasteiger partial charge < -0.3 is 26.5 Å². The lowest BCUT2D eigenvalue weighted by Gasteiger charge is -2.20. The number of fused-ring (bicyclic) bond motifs is 1. The van der Waals surface area contributed by atoms with E-state index in [0.29, 0.717) is 25.5 Å². The molecule has 3 heterocycles. The van der Waals surface area contributed by atoms with Crippen LogP contribution in [0.2, 0.25) is 0 Å².